The van der Waals surface area contributed by atoms with Crippen molar-refractivity contribution < 1.29 is 14.2 Å². The minimum Gasteiger partial charge on any atom is -0.488 e. The van der Waals surface area contributed by atoms with Crippen LogP contribution in [-0.2, 0) is 12.0 Å². The van der Waals surface area contributed by atoms with Gasteiger partial charge in [-0.25, -0.2) is 0 Å². The Kier molecular flexibility index (Phi) is 6.34. The highest BCUT2D eigenvalue weighted by Gasteiger charge is 2.36. The summed E-state index contributed by atoms with van der Waals surface area (Å²) in [6.07, 6.45) is 5.77. The average molecular weight is 624 g/mol. The van der Waals surface area contributed by atoms with Crippen LogP contribution in [0.3, 0.4) is 0 Å². The lowest BCUT2D eigenvalue weighted by atomic mass is 9.82. The Morgan fingerprint density at radius 1 is 0.604 bits per heavy atom. The highest BCUT2D eigenvalue weighted by atomic mass is 16.6. The van der Waals surface area contributed by atoms with Crippen molar-refractivity contribution in [2.45, 2.75) is 25.9 Å². The molecule has 0 spiro atoms. The van der Waals surface area contributed by atoms with Gasteiger partial charge >= 0.3 is 0 Å². The Hall–Kier alpha value is -6.00. The molecule has 0 fully saturated rings. The maximum absolute atomic E-state index is 6.42. The molecule has 4 nitrogen and oxygen atoms in total. The molecule has 0 amide bonds. The normalized spacial score (nSPS) is 14.2. The fraction of sp³-hybridized carbons (Fsp3) is 0.0909. The van der Waals surface area contributed by atoms with Crippen molar-refractivity contribution in [3.8, 4) is 51.0 Å². The number of fused-ring (bicyclic) bond motifs is 8. The van der Waals surface area contributed by atoms with Crippen molar-refractivity contribution in [2.24, 2.45) is 0 Å². The van der Waals surface area contributed by atoms with Crippen molar-refractivity contribution in [2.75, 3.05) is 4.90 Å². The largest absolute Gasteiger partial charge is 0.488 e. The van der Waals surface area contributed by atoms with Gasteiger partial charge in [0.2, 0.25) is 0 Å². The van der Waals surface area contributed by atoms with E-state index in [1.807, 2.05) is 42.5 Å². The Morgan fingerprint density at radius 3 is 2.08 bits per heavy atom. The van der Waals surface area contributed by atoms with Crippen molar-refractivity contribution >= 4 is 23.1 Å². The second-order valence-corrected chi connectivity index (χ2v) is 13.0. The number of ether oxygens (including phenoxy) is 3. The summed E-state index contributed by atoms with van der Waals surface area (Å²) in [5.74, 6) is 3.70. The van der Waals surface area contributed by atoms with Gasteiger partial charge in [0.05, 0.1) is 5.69 Å². The van der Waals surface area contributed by atoms with Gasteiger partial charge in [0, 0.05) is 34.0 Å². The van der Waals surface area contributed by atoms with Gasteiger partial charge in [-0.05, 0) is 81.9 Å². The summed E-state index contributed by atoms with van der Waals surface area (Å²) < 4.78 is 19.0. The van der Waals surface area contributed by atoms with Gasteiger partial charge in [-0.2, -0.15) is 0 Å². The number of allylic oxidation sites excluding steroid dienone is 2. The zero-order valence-corrected chi connectivity index (χ0v) is 26.9. The zero-order chi connectivity index (χ0) is 32.4. The number of hydrogen-bond acceptors (Lipinski definition) is 4. The Morgan fingerprint density at radius 2 is 1.25 bits per heavy atom. The lowest BCUT2D eigenvalue weighted by molar-refractivity contribution is 0.302. The highest BCUT2D eigenvalue weighted by Crippen LogP contribution is 2.52. The van der Waals surface area contributed by atoms with Crippen LogP contribution < -0.4 is 19.1 Å². The molecule has 0 saturated heterocycles. The van der Waals surface area contributed by atoms with Crippen LogP contribution in [0, 0.1) is 0 Å². The molecule has 9 rings (SSSR count). The van der Waals surface area contributed by atoms with Crippen LogP contribution in [0.5, 0.6) is 28.7 Å². The van der Waals surface area contributed by atoms with E-state index in [0.717, 1.165) is 39.5 Å². The molecule has 2 aliphatic heterocycles. The van der Waals surface area contributed by atoms with Crippen LogP contribution in [0.2, 0.25) is 0 Å². The summed E-state index contributed by atoms with van der Waals surface area (Å²) in [4.78, 5) is 2.31. The van der Waals surface area contributed by atoms with Crippen molar-refractivity contribution in [1.29, 1.82) is 0 Å². The van der Waals surface area contributed by atoms with Crippen LogP contribution >= 0.6 is 0 Å². The third kappa shape index (κ3) is 4.37. The first-order valence-electron chi connectivity index (χ1n) is 16.3. The Balaban J connectivity index is 1.19. The Bertz CT molecular complexity index is 2310. The summed E-state index contributed by atoms with van der Waals surface area (Å²) in [5.41, 5.74) is 12.7. The third-order valence-corrected chi connectivity index (χ3v) is 9.77. The van der Waals surface area contributed by atoms with E-state index >= 15 is 0 Å². The second kappa shape index (κ2) is 10.8. The monoisotopic (exact) mass is 623 g/mol. The molecule has 0 atom stereocenters. The van der Waals surface area contributed by atoms with Gasteiger partial charge in [0.1, 0.15) is 12.4 Å². The molecule has 232 valence electrons. The lowest BCUT2D eigenvalue weighted by Gasteiger charge is -2.30. The molecule has 1 aliphatic carbocycles. The first kappa shape index (κ1) is 28.2. The molecule has 0 bridgehead atoms. The molecular formula is C44H33NO3. The van der Waals surface area contributed by atoms with Crippen LogP contribution in [0.15, 0.2) is 140 Å². The van der Waals surface area contributed by atoms with Crippen molar-refractivity contribution in [1.82, 2.24) is 0 Å². The maximum atomic E-state index is 6.42. The van der Waals surface area contributed by atoms with E-state index < -0.39 is 0 Å². The predicted molar refractivity (Wildman–Crippen MR) is 194 cm³/mol. The topological polar surface area (TPSA) is 30.9 Å². The number of hydrogen-bond donors (Lipinski definition) is 0. The van der Waals surface area contributed by atoms with Crippen molar-refractivity contribution in [3.05, 3.63) is 162 Å². The molecule has 0 saturated carbocycles. The van der Waals surface area contributed by atoms with E-state index in [1.165, 1.54) is 27.8 Å². The van der Waals surface area contributed by atoms with Crippen LogP contribution in [0.25, 0.3) is 28.3 Å². The van der Waals surface area contributed by atoms with Gasteiger partial charge in [-0.1, -0.05) is 105 Å². The van der Waals surface area contributed by atoms with E-state index in [4.69, 9.17) is 14.2 Å². The Labute approximate surface area is 280 Å². The molecule has 6 aromatic carbocycles. The molecule has 2 heterocycles. The summed E-state index contributed by atoms with van der Waals surface area (Å²) in [7, 11) is 0. The molecule has 0 radical (unpaired) electrons. The van der Waals surface area contributed by atoms with Gasteiger partial charge in [-0.3, -0.25) is 0 Å². The lowest BCUT2D eigenvalue weighted by Crippen LogP contribution is -2.17. The van der Waals surface area contributed by atoms with Crippen LogP contribution in [0.4, 0.5) is 17.1 Å². The quantitative estimate of drug-likeness (QED) is 0.179. The van der Waals surface area contributed by atoms with Gasteiger partial charge < -0.3 is 19.1 Å². The minimum absolute atomic E-state index is 0.130. The van der Waals surface area contributed by atoms with Crippen LogP contribution in [-0.4, -0.2) is 0 Å². The summed E-state index contributed by atoms with van der Waals surface area (Å²) in [5, 5.41) is 0. The summed E-state index contributed by atoms with van der Waals surface area (Å²) in [6, 6.07) is 42.5. The van der Waals surface area contributed by atoms with Crippen molar-refractivity contribution in [3.63, 3.8) is 0 Å². The summed E-state index contributed by atoms with van der Waals surface area (Å²) in [6.45, 7) is 8.94. The number of rotatable bonds is 5. The predicted octanol–water partition coefficient (Wildman–Crippen LogP) is 12.1. The molecular weight excluding hydrogens is 590 g/mol. The first-order chi connectivity index (χ1) is 23.5. The van der Waals surface area contributed by atoms with E-state index in [2.05, 4.69) is 116 Å². The zero-order valence-electron chi connectivity index (χ0n) is 26.9. The second-order valence-electron chi connectivity index (χ2n) is 13.0. The van der Waals surface area contributed by atoms with Gasteiger partial charge in [-0.15, -0.1) is 0 Å². The molecule has 0 unspecified atom stereocenters. The number of anilines is 3. The average Bonchev–Trinajstić information content (AvgIpc) is 3.35. The standard InChI is InChI=1S/C44H33NO3/c1-4-5-11-28-12-10-14-36-33-21-18-30(24-29(33)27-46-43(28)36)45(32-20-23-41-42(26-32)48-40-17-9-8-16-39(40)47-41)31-19-22-35-34-13-6-7-15-37(34)44(2,3)38(35)25-31/h4-26H,1,27H2,2-3H3/b11-5-. The number of nitrogens with zero attached hydrogens (tertiary/aromatic N) is 1. The minimum atomic E-state index is -0.130. The van der Waals surface area contributed by atoms with E-state index in [-0.39, 0.29) is 5.41 Å². The number of para-hydroxylation sites is 3. The van der Waals surface area contributed by atoms with E-state index in [9.17, 15) is 0 Å². The molecule has 0 N–H and O–H groups in total. The van der Waals surface area contributed by atoms with Crippen LogP contribution in [0.1, 0.15) is 36.1 Å². The summed E-state index contributed by atoms with van der Waals surface area (Å²) >= 11 is 0. The first-order valence-corrected chi connectivity index (χ1v) is 16.3. The molecule has 6 aromatic rings. The molecule has 0 aromatic heterocycles. The fourth-order valence-corrected chi connectivity index (χ4v) is 7.42. The number of benzene rings is 6. The van der Waals surface area contributed by atoms with E-state index in [0.29, 0.717) is 29.6 Å². The maximum Gasteiger partial charge on any atom is 0.172 e. The third-order valence-electron chi connectivity index (χ3n) is 9.77. The SMILES string of the molecule is C=C/C=C\c1cccc2c1OCc1cc(N(c3ccc4c(c3)Oc3ccccc3O4)c3ccc4c(c3)C(C)(C)c3ccccc3-4)ccc1-2. The molecule has 4 heteroatoms. The molecule has 3 aliphatic rings. The smallest absolute Gasteiger partial charge is 0.172 e. The van der Waals surface area contributed by atoms with Gasteiger partial charge in [0.15, 0.2) is 23.0 Å². The molecule has 48 heavy (non-hydrogen) atoms. The fourth-order valence-electron chi connectivity index (χ4n) is 7.42. The van der Waals surface area contributed by atoms with E-state index in [1.54, 1.807) is 6.08 Å². The highest BCUT2D eigenvalue weighted by molar-refractivity contribution is 5.88. The van der Waals surface area contributed by atoms with Gasteiger partial charge in [0.25, 0.3) is 0 Å².